The Morgan fingerprint density at radius 1 is 1.36 bits per heavy atom. The molecule has 0 radical (unpaired) electrons. The molecule has 1 atom stereocenters. The van der Waals surface area contributed by atoms with Gasteiger partial charge >= 0.3 is 0 Å². The van der Waals surface area contributed by atoms with Crippen molar-refractivity contribution in [2.45, 2.75) is 19.4 Å². The van der Waals surface area contributed by atoms with Crippen molar-refractivity contribution in [1.82, 2.24) is 19.4 Å². The summed E-state index contributed by atoms with van der Waals surface area (Å²) in [6.45, 7) is 2.47. The summed E-state index contributed by atoms with van der Waals surface area (Å²) in [6, 6.07) is 5.89. The van der Waals surface area contributed by atoms with E-state index in [1.54, 1.807) is 36.2 Å². The molecular weight excluding hydrogens is 347 g/mol. The van der Waals surface area contributed by atoms with E-state index in [1.807, 2.05) is 0 Å². The van der Waals surface area contributed by atoms with Crippen LogP contribution in [0.2, 0.25) is 0 Å². The van der Waals surface area contributed by atoms with E-state index in [2.05, 4.69) is 9.82 Å². The molecule has 1 aliphatic rings. The van der Waals surface area contributed by atoms with E-state index in [0.29, 0.717) is 18.5 Å². The highest BCUT2D eigenvalue weighted by molar-refractivity contribution is 7.88. The molecule has 0 spiro atoms. The summed E-state index contributed by atoms with van der Waals surface area (Å²) in [6.07, 6.45) is 3.25. The van der Waals surface area contributed by atoms with Crippen molar-refractivity contribution in [2.24, 2.45) is 0 Å². The average molecular weight is 366 g/mol. The highest BCUT2D eigenvalue weighted by Gasteiger charge is 2.30. The summed E-state index contributed by atoms with van der Waals surface area (Å²) < 4.78 is 40.4. The van der Waals surface area contributed by atoms with Crippen molar-refractivity contribution >= 4 is 15.9 Å². The molecule has 3 rings (SSSR count). The summed E-state index contributed by atoms with van der Waals surface area (Å²) in [5.74, 6) is -0.715. The number of carbonyl (C=O) groups is 1. The predicted molar refractivity (Wildman–Crippen MR) is 90.5 cm³/mol. The lowest BCUT2D eigenvalue weighted by atomic mass is 10.2. The van der Waals surface area contributed by atoms with Crippen LogP contribution in [-0.4, -0.2) is 54.4 Å². The zero-order valence-electron chi connectivity index (χ0n) is 13.9. The lowest BCUT2D eigenvalue weighted by molar-refractivity contribution is 0.0783. The molecule has 0 saturated carbocycles. The van der Waals surface area contributed by atoms with Crippen LogP contribution in [0.5, 0.6) is 0 Å². The number of para-hydroxylation sites is 1. The van der Waals surface area contributed by atoms with Crippen LogP contribution in [0.25, 0.3) is 5.69 Å². The molecule has 1 aliphatic heterocycles. The Morgan fingerprint density at radius 3 is 2.76 bits per heavy atom. The molecule has 2 heterocycles. The van der Waals surface area contributed by atoms with Gasteiger partial charge < -0.3 is 4.90 Å². The maximum atomic E-state index is 13.9. The number of sulfonamides is 1. The predicted octanol–water partition coefficient (Wildman–Crippen LogP) is 1.08. The molecule has 1 amide bonds. The van der Waals surface area contributed by atoms with E-state index in [9.17, 15) is 17.6 Å². The number of benzene rings is 1. The molecule has 1 aromatic heterocycles. The second-order valence-corrected chi connectivity index (χ2v) is 7.96. The van der Waals surface area contributed by atoms with Gasteiger partial charge in [0.05, 0.1) is 6.26 Å². The Hall–Kier alpha value is -2.26. The van der Waals surface area contributed by atoms with Crippen LogP contribution in [0.4, 0.5) is 4.39 Å². The molecule has 0 bridgehead atoms. The second kappa shape index (κ2) is 6.57. The smallest absolute Gasteiger partial charge is 0.274 e. The number of amides is 1. The SMILES string of the molecule is Cc1cn(-c2ccccc2F)nc1C(=O)N1CCC(NS(C)(=O)=O)C1. The quantitative estimate of drug-likeness (QED) is 0.878. The molecule has 0 aliphatic carbocycles. The lowest BCUT2D eigenvalue weighted by Crippen LogP contribution is -2.38. The fourth-order valence-corrected chi connectivity index (χ4v) is 3.72. The van der Waals surface area contributed by atoms with Crippen LogP contribution in [0.1, 0.15) is 22.5 Å². The molecule has 25 heavy (non-hydrogen) atoms. The number of hydrogen-bond acceptors (Lipinski definition) is 4. The number of aryl methyl sites for hydroxylation is 1. The van der Waals surface area contributed by atoms with Gasteiger partial charge in [-0.3, -0.25) is 4.79 Å². The Morgan fingerprint density at radius 2 is 2.08 bits per heavy atom. The van der Waals surface area contributed by atoms with Gasteiger partial charge in [0.25, 0.3) is 5.91 Å². The molecule has 1 aromatic carbocycles. The van der Waals surface area contributed by atoms with Gasteiger partial charge in [0, 0.05) is 30.9 Å². The first-order valence-electron chi connectivity index (χ1n) is 7.82. The number of nitrogens with one attached hydrogen (secondary N) is 1. The number of hydrogen-bond donors (Lipinski definition) is 1. The van der Waals surface area contributed by atoms with E-state index >= 15 is 0 Å². The van der Waals surface area contributed by atoms with E-state index in [1.165, 1.54) is 10.7 Å². The van der Waals surface area contributed by atoms with Crippen molar-refractivity contribution in [2.75, 3.05) is 19.3 Å². The van der Waals surface area contributed by atoms with Gasteiger partial charge in [0.2, 0.25) is 10.0 Å². The van der Waals surface area contributed by atoms with Gasteiger partial charge in [-0.25, -0.2) is 22.2 Å². The molecule has 2 aromatic rings. The summed E-state index contributed by atoms with van der Waals surface area (Å²) in [7, 11) is -3.32. The first-order valence-corrected chi connectivity index (χ1v) is 9.71. The molecule has 1 unspecified atom stereocenters. The minimum Gasteiger partial charge on any atom is -0.336 e. The fraction of sp³-hybridized carbons (Fsp3) is 0.375. The van der Waals surface area contributed by atoms with Crippen LogP contribution >= 0.6 is 0 Å². The minimum atomic E-state index is -3.32. The molecular formula is C16H19FN4O3S. The molecule has 1 N–H and O–H groups in total. The summed E-state index contributed by atoms with van der Waals surface area (Å²) in [5, 5.41) is 4.23. The van der Waals surface area contributed by atoms with E-state index in [4.69, 9.17) is 0 Å². The normalized spacial score (nSPS) is 17.9. The molecule has 7 nitrogen and oxygen atoms in total. The Bertz CT molecular complexity index is 910. The maximum absolute atomic E-state index is 13.9. The van der Waals surface area contributed by atoms with E-state index in [0.717, 1.165) is 6.26 Å². The van der Waals surface area contributed by atoms with Crippen LogP contribution in [0.3, 0.4) is 0 Å². The second-order valence-electron chi connectivity index (χ2n) is 6.18. The van der Waals surface area contributed by atoms with Crippen LogP contribution in [0.15, 0.2) is 30.5 Å². The zero-order valence-corrected chi connectivity index (χ0v) is 14.8. The van der Waals surface area contributed by atoms with Crippen molar-refractivity contribution in [3.8, 4) is 5.69 Å². The summed E-state index contributed by atoms with van der Waals surface area (Å²) in [4.78, 5) is 14.2. The van der Waals surface area contributed by atoms with Gasteiger partial charge in [-0.05, 0) is 25.5 Å². The maximum Gasteiger partial charge on any atom is 0.274 e. The van der Waals surface area contributed by atoms with Crippen LogP contribution in [-0.2, 0) is 10.0 Å². The first kappa shape index (κ1) is 17.6. The number of aromatic nitrogens is 2. The van der Waals surface area contributed by atoms with Gasteiger partial charge in [-0.1, -0.05) is 12.1 Å². The van der Waals surface area contributed by atoms with Crippen LogP contribution in [0, 0.1) is 12.7 Å². The van der Waals surface area contributed by atoms with Gasteiger partial charge in [0.15, 0.2) is 5.69 Å². The highest BCUT2D eigenvalue weighted by Crippen LogP contribution is 2.18. The third-order valence-corrected chi connectivity index (χ3v) is 4.82. The molecule has 1 saturated heterocycles. The molecule has 1 fully saturated rings. The Balaban J connectivity index is 1.79. The lowest BCUT2D eigenvalue weighted by Gasteiger charge is -2.15. The molecule has 134 valence electrons. The minimum absolute atomic E-state index is 0.239. The van der Waals surface area contributed by atoms with E-state index in [-0.39, 0.29) is 29.9 Å². The van der Waals surface area contributed by atoms with Crippen molar-refractivity contribution in [1.29, 1.82) is 0 Å². The highest BCUT2D eigenvalue weighted by atomic mass is 32.2. The standard InChI is InChI=1S/C16H19FN4O3S/c1-11-9-21(14-6-4-3-5-13(14)17)18-15(11)16(22)20-8-7-12(10-20)19-25(2,23)24/h3-6,9,12,19H,7-8,10H2,1-2H3. The van der Waals surface area contributed by atoms with Crippen molar-refractivity contribution < 1.29 is 17.6 Å². The number of nitrogens with zero attached hydrogens (tertiary/aromatic N) is 3. The van der Waals surface area contributed by atoms with Crippen molar-refractivity contribution in [3.05, 3.63) is 47.5 Å². The van der Waals surface area contributed by atoms with E-state index < -0.39 is 15.8 Å². The number of carbonyl (C=O) groups excluding carboxylic acids is 1. The monoisotopic (exact) mass is 366 g/mol. The number of halogens is 1. The van der Waals surface area contributed by atoms with Gasteiger partial charge in [-0.2, -0.15) is 5.10 Å². The zero-order chi connectivity index (χ0) is 18.2. The topological polar surface area (TPSA) is 84.3 Å². The third-order valence-electron chi connectivity index (χ3n) is 4.06. The third kappa shape index (κ3) is 3.88. The van der Waals surface area contributed by atoms with Crippen molar-refractivity contribution in [3.63, 3.8) is 0 Å². The average Bonchev–Trinajstić information content (AvgIpc) is 3.12. The number of rotatable bonds is 4. The van der Waals surface area contributed by atoms with Gasteiger partial charge in [0.1, 0.15) is 11.5 Å². The Labute approximate surface area is 145 Å². The first-order chi connectivity index (χ1) is 11.7. The van der Waals surface area contributed by atoms with Crippen LogP contribution < -0.4 is 4.72 Å². The summed E-state index contributed by atoms with van der Waals surface area (Å²) >= 11 is 0. The summed E-state index contributed by atoms with van der Waals surface area (Å²) in [5.41, 5.74) is 1.14. The Kier molecular flexibility index (Phi) is 4.61. The fourth-order valence-electron chi connectivity index (χ4n) is 2.93. The van der Waals surface area contributed by atoms with Gasteiger partial charge in [-0.15, -0.1) is 0 Å². The largest absolute Gasteiger partial charge is 0.336 e. The molecule has 9 heteroatoms. The number of likely N-dealkylation sites (tertiary alicyclic amines) is 1.